The molecule has 4 rings (SSSR count). The smallest absolute Gasteiger partial charge is 0.343 e. The zero-order valence-electron chi connectivity index (χ0n) is 14.5. The van der Waals surface area contributed by atoms with Crippen LogP contribution in [0.2, 0.25) is 0 Å². The number of aromatic nitrogens is 2. The normalized spacial score (nSPS) is 13.8. The molecule has 132 valence electrons. The van der Waals surface area contributed by atoms with Crippen LogP contribution in [0.25, 0.3) is 22.0 Å². The van der Waals surface area contributed by atoms with Gasteiger partial charge >= 0.3 is 5.97 Å². The Morgan fingerprint density at radius 2 is 2.08 bits per heavy atom. The number of carbonyl (C=O) groups is 1. The van der Waals surface area contributed by atoms with E-state index in [2.05, 4.69) is 4.98 Å². The summed E-state index contributed by atoms with van der Waals surface area (Å²) in [5.41, 5.74) is 1.88. The summed E-state index contributed by atoms with van der Waals surface area (Å²) in [7, 11) is 1.22. The van der Waals surface area contributed by atoms with Gasteiger partial charge in [0, 0.05) is 40.6 Å². The second kappa shape index (κ2) is 6.05. The number of benzene rings is 1. The molecule has 0 spiro atoms. The van der Waals surface area contributed by atoms with Gasteiger partial charge in [0.1, 0.15) is 11.4 Å². The van der Waals surface area contributed by atoms with Crippen molar-refractivity contribution in [1.29, 1.82) is 0 Å². The third-order valence-corrected chi connectivity index (χ3v) is 4.69. The molecule has 0 amide bonds. The SMILES string of the molecule is COC(=O)c1cn(C2CC2)c2cc(-c3ccc(C)nc3)c(F)cc2c1=O. The first-order valence-electron chi connectivity index (χ1n) is 8.39. The molecule has 0 radical (unpaired) electrons. The maximum Gasteiger partial charge on any atom is 0.343 e. The van der Waals surface area contributed by atoms with Crippen LogP contribution in [0, 0.1) is 12.7 Å². The summed E-state index contributed by atoms with van der Waals surface area (Å²) in [5, 5.41) is 0.182. The van der Waals surface area contributed by atoms with Crippen LogP contribution in [-0.2, 0) is 4.74 Å². The minimum Gasteiger partial charge on any atom is -0.465 e. The second-order valence-corrected chi connectivity index (χ2v) is 6.54. The van der Waals surface area contributed by atoms with Crippen molar-refractivity contribution in [3.8, 4) is 11.1 Å². The molecule has 1 aliphatic rings. The topological polar surface area (TPSA) is 61.2 Å². The van der Waals surface area contributed by atoms with E-state index in [1.807, 2.05) is 17.6 Å². The summed E-state index contributed by atoms with van der Waals surface area (Å²) in [6.07, 6.45) is 5.06. The van der Waals surface area contributed by atoms with Crippen molar-refractivity contribution in [3.05, 3.63) is 64.0 Å². The third kappa shape index (κ3) is 2.67. The number of pyridine rings is 2. The zero-order valence-corrected chi connectivity index (χ0v) is 14.5. The van der Waals surface area contributed by atoms with E-state index in [1.54, 1.807) is 18.3 Å². The average molecular weight is 352 g/mol. The van der Waals surface area contributed by atoms with Gasteiger partial charge in [0.15, 0.2) is 0 Å². The Hall–Kier alpha value is -3.02. The molecule has 1 fully saturated rings. The number of fused-ring (bicyclic) bond motifs is 1. The van der Waals surface area contributed by atoms with Crippen molar-refractivity contribution >= 4 is 16.9 Å². The highest BCUT2D eigenvalue weighted by molar-refractivity contribution is 5.95. The number of methoxy groups -OCH3 is 1. The average Bonchev–Trinajstić information content (AvgIpc) is 3.47. The van der Waals surface area contributed by atoms with Crippen LogP contribution < -0.4 is 5.43 Å². The van der Waals surface area contributed by atoms with E-state index >= 15 is 0 Å². The predicted octanol–water partition coefficient (Wildman–Crippen LogP) is 3.63. The molecular weight excluding hydrogens is 335 g/mol. The maximum absolute atomic E-state index is 14.8. The minimum atomic E-state index is -0.710. The van der Waals surface area contributed by atoms with Gasteiger partial charge in [0.2, 0.25) is 5.43 Å². The number of nitrogens with zero attached hydrogens (tertiary/aromatic N) is 2. The first kappa shape index (κ1) is 16.4. The summed E-state index contributed by atoms with van der Waals surface area (Å²) in [4.78, 5) is 28.8. The van der Waals surface area contributed by atoms with Crippen LogP contribution in [0.3, 0.4) is 0 Å². The molecule has 2 heterocycles. The lowest BCUT2D eigenvalue weighted by Crippen LogP contribution is -2.20. The highest BCUT2D eigenvalue weighted by Crippen LogP contribution is 2.38. The summed E-state index contributed by atoms with van der Waals surface area (Å²) in [6, 6.07) is 6.69. The van der Waals surface area contributed by atoms with E-state index in [9.17, 15) is 14.0 Å². The Balaban J connectivity index is 2.01. The summed E-state index contributed by atoms with van der Waals surface area (Å²) >= 11 is 0. The lowest BCUT2D eigenvalue weighted by Gasteiger charge is -2.14. The maximum atomic E-state index is 14.8. The molecule has 0 bridgehead atoms. The van der Waals surface area contributed by atoms with Gasteiger partial charge in [-0.05, 0) is 38.0 Å². The molecule has 0 aliphatic heterocycles. The molecule has 0 atom stereocenters. The quantitative estimate of drug-likeness (QED) is 0.675. The van der Waals surface area contributed by atoms with Crippen LogP contribution in [0.1, 0.15) is 34.9 Å². The molecule has 3 aromatic rings. The van der Waals surface area contributed by atoms with Crippen LogP contribution in [0.4, 0.5) is 4.39 Å². The molecule has 1 aliphatic carbocycles. The number of halogens is 1. The highest BCUT2D eigenvalue weighted by Gasteiger charge is 2.27. The standard InChI is InChI=1S/C20H17FN2O3/c1-11-3-4-12(9-22-11)14-8-18-15(7-17(14)21)19(24)16(20(25)26-2)10-23(18)13-5-6-13/h3-4,7-10,13H,5-6H2,1-2H3. The van der Waals surface area contributed by atoms with Crippen LogP contribution >= 0.6 is 0 Å². The van der Waals surface area contributed by atoms with Crippen molar-refractivity contribution in [3.63, 3.8) is 0 Å². The lowest BCUT2D eigenvalue weighted by atomic mass is 10.0. The number of aryl methyl sites for hydroxylation is 1. The van der Waals surface area contributed by atoms with E-state index in [-0.39, 0.29) is 17.0 Å². The molecule has 5 nitrogen and oxygen atoms in total. The molecule has 26 heavy (non-hydrogen) atoms. The first-order valence-corrected chi connectivity index (χ1v) is 8.39. The molecule has 1 saturated carbocycles. The fourth-order valence-electron chi connectivity index (χ4n) is 3.13. The van der Waals surface area contributed by atoms with Gasteiger partial charge in [-0.1, -0.05) is 6.07 Å². The monoisotopic (exact) mass is 352 g/mol. The zero-order chi connectivity index (χ0) is 18.4. The highest BCUT2D eigenvalue weighted by atomic mass is 19.1. The molecule has 0 saturated heterocycles. The number of esters is 1. The number of carbonyl (C=O) groups excluding carboxylic acids is 1. The van der Waals surface area contributed by atoms with E-state index in [0.717, 1.165) is 18.5 Å². The predicted molar refractivity (Wildman–Crippen MR) is 95.7 cm³/mol. The second-order valence-electron chi connectivity index (χ2n) is 6.54. The van der Waals surface area contributed by atoms with E-state index in [4.69, 9.17) is 4.74 Å². The number of hydrogen-bond donors (Lipinski definition) is 0. The van der Waals surface area contributed by atoms with Crippen LogP contribution in [-0.4, -0.2) is 22.6 Å². The Morgan fingerprint density at radius 1 is 1.31 bits per heavy atom. The van der Waals surface area contributed by atoms with Crippen molar-refractivity contribution in [2.45, 2.75) is 25.8 Å². The van der Waals surface area contributed by atoms with Gasteiger partial charge in [0.05, 0.1) is 12.6 Å². The van der Waals surface area contributed by atoms with Crippen molar-refractivity contribution < 1.29 is 13.9 Å². The van der Waals surface area contributed by atoms with Gasteiger partial charge < -0.3 is 9.30 Å². The van der Waals surface area contributed by atoms with Gasteiger partial charge in [-0.15, -0.1) is 0 Å². The van der Waals surface area contributed by atoms with Gasteiger partial charge in [-0.3, -0.25) is 9.78 Å². The third-order valence-electron chi connectivity index (χ3n) is 4.69. The fraction of sp³-hybridized carbons (Fsp3) is 0.250. The van der Waals surface area contributed by atoms with Gasteiger partial charge in [-0.25, -0.2) is 9.18 Å². The first-order chi connectivity index (χ1) is 12.5. The summed E-state index contributed by atoms with van der Waals surface area (Å²) in [6.45, 7) is 1.86. The fourth-order valence-corrected chi connectivity index (χ4v) is 3.13. The molecule has 0 unspecified atom stereocenters. The molecular formula is C20H17FN2O3. The Morgan fingerprint density at radius 3 is 2.69 bits per heavy atom. The molecule has 0 N–H and O–H groups in total. The number of ether oxygens (including phenoxy) is 1. The lowest BCUT2D eigenvalue weighted by molar-refractivity contribution is 0.0598. The van der Waals surface area contributed by atoms with Crippen LogP contribution in [0.15, 0.2) is 41.5 Å². The van der Waals surface area contributed by atoms with Crippen LogP contribution in [0.5, 0.6) is 0 Å². The molecule has 1 aromatic carbocycles. The summed E-state index contributed by atoms with van der Waals surface area (Å²) < 4.78 is 21.3. The van der Waals surface area contributed by atoms with Crippen molar-refractivity contribution in [1.82, 2.24) is 9.55 Å². The van der Waals surface area contributed by atoms with E-state index in [1.165, 1.54) is 19.4 Å². The van der Waals surface area contributed by atoms with Crippen molar-refractivity contribution in [2.75, 3.05) is 7.11 Å². The van der Waals surface area contributed by atoms with E-state index < -0.39 is 17.2 Å². The van der Waals surface area contributed by atoms with Crippen molar-refractivity contribution in [2.24, 2.45) is 0 Å². The molecule has 2 aromatic heterocycles. The Labute approximate surface area is 149 Å². The Kier molecular flexibility index (Phi) is 3.83. The number of hydrogen-bond acceptors (Lipinski definition) is 4. The Bertz CT molecular complexity index is 1080. The number of rotatable bonds is 3. The molecule has 6 heteroatoms. The van der Waals surface area contributed by atoms with Gasteiger partial charge in [0.25, 0.3) is 0 Å². The van der Waals surface area contributed by atoms with E-state index in [0.29, 0.717) is 16.6 Å². The minimum absolute atomic E-state index is 0.0731. The van der Waals surface area contributed by atoms with Gasteiger partial charge in [-0.2, -0.15) is 0 Å². The largest absolute Gasteiger partial charge is 0.465 e. The summed E-state index contributed by atoms with van der Waals surface area (Å²) in [5.74, 6) is -1.23.